The fourth-order valence-electron chi connectivity index (χ4n) is 14.6. The number of aliphatic imine (C=N–C) groups is 2. The molecule has 4 fully saturated rings. The Hall–Kier alpha value is -8.37. The minimum atomic E-state index is -5.08. The number of aliphatic carboxylic acids is 3. The average Bonchev–Trinajstić information content (AvgIpc) is 1.65. The van der Waals surface area contributed by atoms with Crippen LogP contribution >= 0.6 is 0 Å². The Balaban J connectivity index is -0.00000151. The monoisotopic (exact) mass is 1730 g/mol. The van der Waals surface area contributed by atoms with E-state index in [2.05, 4.69) is 61.0 Å². The van der Waals surface area contributed by atoms with Crippen LogP contribution in [0, 0.1) is 52.8 Å². The van der Waals surface area contributed by atoms with Crippen LogP contribution in [-0.2, 0) is 71.6 Å². The topological polar surface area (TPSA) is 536 Å². The van der Waals surface area contributed by atoms with Crippen molar-refractivity contribution in [3.05, 3.63) is 0 Å². The van der Waals surface area contributed by atoms with Gasteiger partial charge in [-0.05, 0) is 132 Å². The Bertz CT molecular complexity index is 3390. The molecule has 0 aromatic carbocycles. The summed E-state index contributed by atoms with van der Waals surface area (Å²) >= 11 is 0. The van der Waals surface area contributed by atoms with Crippen LogP contribution in [0.15, 0.2) is 9.98 Å². The molecule has 12 atom stereocenters. The van der Waals surface area contributed by atoms with Gasteiger partial charge >= 0.3 is 90.0 Å². The van der Waals surface area contributed by atoms with Crippen molar-refractivity contribution in [3.63, 3.8) is 0 Å². The molecule has 0 radical (unpaired) electrons. The Labute approximate surface area is 727 Å². The zero-order chi connectivity index (χ0) is 91.6. The van der Waals surface area contributed by atoms with Gasteiger partial charge in [-0.3, -0.25) is 54.4 Å². The molecule has 41 heteroatoms. The second kappa shape index (κ2) is 53.5. The van der Waals surface area contributed by atoms with E-state index in [-0.39, 0.29) is 162 Å². The minimum Gasteiger partial charge on any atom is -0.870 e. The van der Waals surface area contributed by atoms with Gasteiger partial charge in [-0.25, -0.2) is 24.0 Å². The van der Waals surface area contributed by atoms with E-state index in [1.165, 1.54) is 35.0 Å². The Morgan fingerprint density at radius 1 is 0.450 bits per heavy atom. The average molecular weight is 1730 g/mol. The number of amides is 8. The number of carboxylic acid groups (broad SMARTS) is 3. The quantitative estimate of drug-likeness (QED) is 0.0167. The molecule has 4 unspecified atom stereocenters. The summed E-state index contributed by atoms with van der Waals surface area (Å²) in [5.41, 5.74) is 2.34. The fraction of sp³-hybridized carbons (Fsp3) is 0.797. The van der Waals surface area contributed by atoms with E-state index in [0.29, 0.717) is 25.3 Å². The van der Waals surface area contributed by atoms with Crippen molar-refractivity contribution in [2.45, 2.75) is 320 Å². The Morgan fingerprint density at radius 2 is 0.708 bits per heavy atom. The van der Waals surface area contributed by atoms with E-state index in [4.69, 9.17) is 49.5 Å². The number of rotatable bonds is 24. The number of carbonyl (C=O) groups is 13. The minimum absolute atomic E-state index is 0. The van der Waals surface area contributed by atoms with Crippen LogP contribution in [0.5, 0.6) is 0 Å². The normalized spacial score (nSPS) is 20.2. The molecule has 0 bridgehead atoms. The van der Waals surface area contributed by atoms with Crippen molar-refractivity contribution in [2.75, 3.05) is 40.4 Å². The third-order valence-electron chi connectivity index (χ3n) is 19.8. The number of carboxylic acids is 3. The maximum absolute atomic E-state index is 12.7. The molecule has 8 amide bonds. The third-order valence-corrected chi connectivity index (χ3v) is 19.8. The number of carbonyl (C=O) groups excluding carboxylic acids is 10. The maximum atomic E-state index is 12.7. The van der Waals surface area contributed by atoms with Gasteiger partial charge in [0.05, 0.1) is 74.1 Å². The maximum Gasteiger partial charge on any atom is 1.00 e. The van der Waals surface area contributed by atoms with Crippen LogP contribution in [0.25, 0.3) is 0 Å². The molecule has 0 aliphatic carbocycles. The predicted octanol–water partition coefficient (Wildman–Crippen LogP) is 6.26. The van der Waals surface area contributed by atoms with Crippen LogP contribution in [0.4, 0.5) is 32.3 Å². The molecule has 0 aromatic rings. The van der Waals surface area contributed by atoms with Crippen LogP contribution in [0.2, 0.25) is 0 Å². The molecule has 0 saturated carbocycles. The molecule has 14 N–H and O–H groups in total. The number of nitrogens with two attached hydrogens (primary N) is 1. The third kappa shape index (κ3) is 42.4. The number of halogens is 3. The molecule has 4 aliphatic heterocycles. The van der Waals surface area contributed by atoms with E-state index < -0.39 is 113 Å². The van der Waals surface area contributed by atoms with Gasteiger partial charge in [0.25, 0.3) is 0 Å². The summed E-state index contributed by atoms with van der Waals surface area (Å²) < 4.78 is 62.9. The van der Waals surface area contributed by atoms with Gasteiger partial charge in [0, 0.05) is 66.0 Å². The number of nitrogens with one attached hydrogen (secondary N) is 8. The summed E-state index contributed by atoms with van der Waals surface area (Å²) in [6.07, 6.45) is -0.148. The van der Waals surface area contributed by atoms with Gasteiger partial charge in [0.15, 0.2) is 5.96 Å². The van der Waals surface area contributed by atoms with Crippen molar-refractivity contribution >= 4 is 95.7 Å². The van der Waals surface area contributed by atoms with Gasteiger partial charge in [-0.1, -0.05) is 107 Å². The number of hydrogen-bond donors (Lipinski definition) is 12. The molecule has 686 valence electrons. The number of ether oxygens (including phenoxy) is 6. The number of alkyl halides is 3. The van der Waals surface area contributed by atoms with Crippen LogP contribution in [0.3, 0.4) is 0 Å². The van der Waals surface area contributed by atoms with Gasteiger partial charge in [-0.15, -0.1) is 9.98 Å². The number of hydrogen-bond acceptors (Lipinski definition) is 22. The summed E-state index contributed by atoms with van der Waals surface area (Å²) in [5.74, 6) is -7.56. The zero-order valence-electron chi connectivity index (χ0n) is 75.5. The standard InChI is InChI=1S/C25H44N4O7.C24H42N4O7.C14H26N4O3.C14H26N2O3.C2HF3O2.Na.H2O/c1-11-16(12-2)19(26-15(3)30)18-13-17(20(31)34-10)14-29(18)21(27-22(32)35-24(4,5)6)28-23(33)36-25(7,8)9;1-10-15(11-2)18(25-14(3)29)17-12-16(19(30)31)13-28(17)20(26-21(32)34-23(4,5)6)27-22(33)35-24(7,8)9;1-4-9(5-2)12(17-8(3)19)11-6-10(13(20)21)7-18(11)14(15)16;1-5-10(6-2)13(16-9(3)17)12-7-11(8-15-12)14(18)19-4;3-2(4,5)1(6)7;;/h16-19H,11-14H2,1-10H3,(H,26,30)(H,27,28,32,33);15-18H,10-13H2,1-9H3,(H,25,29)(H,30,31)(H,26,27,32,33);9-12H,4-7H2,1-3H3,(H3,15,16)(H,17,19)(H,20,21);10-13,15H,5-8H2,1-4H3,(H,16,17);(H,6,7);;1H2/q;;;;;+1;/p-1/t17-,18+,19?;16-,17+,18?;10-,11+,12?;11-,12+,13?;;;/m1111.../s1. The number of likely N-dealkylation sites (tertiary alicyclic amines) is 3. The first-order valence-electron chi connectivity index (χ1n) is 40.3. The van der Waals surface area contributed by atoms with Gasteiger partial charge in [-0.2, -0.15) is 13.2 Å². The van der Waals surface area contributed by atoms with E-state index in [0.717, 1.165) is 57.8 Å². The molecule has 37 nitrogen and oxygen atoms in total. The number of esters is 2. The zero-order valence-corrected chi connectivity index (χ0v) is 77.5. The predicted molar refractivity (Wildman–Crippen MR) is 435 cm³/mol. The second-order valence-electron chi connectivity index (χ2n) is 33.6. The summed E-state index contributed by atoms with van der Waals surface area (Å²) in [5, 5.41) is 54.2. The summed E-state index contributed by atoms with van der Waals surface area (Å²) in [6.45, 7) is 43.5. The number of nitrogens with zero attached hydrogens (tertiary/aromatic N) is 5. The van der Waals surface area contributed by atoms with Crippen molar-refractivity contribution in [3.8, 4) is 0 Å². The van der Waals surface area contributed by atoms with Gasteiger partial charge in [0.2, 0.25) is 35.5 Å². The number of methoxy groups -OCH3 is 2. The van der Waals surface area contributed by atoms with Crippen molar-refractivity contribution in [1.29, 1.82) is 5.41 Å². The largest absolute Gasteiger partial charge is 1.00 e. The second-order valence-corrected chi connectivity index (χ2v) is 33.6. The molecule has 0 aromatic heterocycles. The smallest absolute Gasteiger partial charge is 0.870 e. The number of guanidine groups is 3. The summed E-state index contributed by atoms with van der Waals surface area (Å²) in [6, 6.07) is -2.00. The van der Waals surface area contributed by atoms with Crippen LogP contribution in [-0.4, -0.2) is 249 Å². The van der Waals surface area contributed by atoms with Gasteiger partial charge in [0.1, 0.15) is 22.4 Å². The van der Waals surface area contributed by atoms with Gasteiger partial charge < -0.3 is 96.2 Å². The van der Waals surface area contributed by atoms with E-state index in [1.807, 2.05) is 41.5 Å². The van der Waals surface area contributed by atoms with Crippen molar-refractivity contribution in [1.82, 2.24) is 51.9 Å². The van der Waals surface area contributed by atoms with E-state index >= 15 is 0 Å². The Morgan fingerprint density at radius 3 is 0.967 bits per heavy atom. The first-order chi connectivity index (χ1) is 54.3. The van der Waals surface area contributed by atoms with Crippen molar-refractivity contribution in [2.24, 2.45) is 63.1 Å². The molecular formula is C79H140F3N14NaO23. The first kappa shape index (κ1) is 116. The SMILES string of the molecule is CCC(CC)C(NC(C)=O)[C@@H]1C[C@@H](C(=O)O)CN1C(=N)N.CCC(CC)C(NC(C)=O)[C@@H]1C[C@@H](C(=O)O)CN1C(=NC(=O)OC(C)(C)C)NC(=O)OC(C)(C)C.CCC(CC)C(NC(C)=O)[C@@H]1C[C@@H](C(=O)OC)CN1.CCC(CC)C(NC(C)=O)[C@@H]1C[C@@H](C(=O)OC)CN1C(=NC(=O)OC(C)(C)C)NC(=O)OC(C)(C)C.O=C(O)C(F)(F)F.[Na+].[OH-]. The molecule has 4 aliphatic rings. The molecule has 120 heavy (non-hydrogen) atoms. The summed E-state index contributed by atoms with van der Waals surface area (Å²) in [7, 11) is 2.72. The summed E-state index contributed by atoms with van der Waals surface area (Å²) in [4.78, 5) is 167. The van der Waals surface area contributed by atoms with Crippen molar-refractivity contribution < 1.29 is 154 Å². The molecular weight excluding hydrogens is 1590 g/mol. The fourth-order valence-corrected chi connectivity index (χ4v) is 14.6. The molecule has 4 saturated heterocycles. The first-order valence-corrected chi connectivity index (χ1v) is 40.3. The van der Waals surface area contributed by atoms with Crippen LogP contribution in [0.1, 0.15) is 243 Å². The van der Waals surface area contributed by atoms with E-state index in [1.54, 1.807) is 105 Å². The Kier molecular flexibility index (Phi) is 51.6. The molecule has 4 heterocycles. The van der Waals surface area contributed by atoms with Crippen LogP contribution < -0.4 is 72.5 Å². The van der Waals surface area contributed by atoms with E-state index in [9.17, 15) is 80.9 Å². The molecule has 4 rings (SSSR count). The number of alkyl carbamates (subject to hydrolysis) is 2. The molecule has 0 spiro atoms.